The highest BCUT2D eigenvalue weighted by Gasteiger charge is 2.38. The lowest BCUT2D eigenvalue weighted by molar-refractivity contribution is -0.140. The summed E-state index contributed by atoms with van der Waals surface area (Å²) >= 11 is 0. The number of benzene rings is 2. The minimum Gasteiger partial charge on any atom is -0.387 e. The van der Waals surface area contributed by atoms with E-state index >= 15 is 4.39 Å². The van der Waals surface area contributed by atoms with Crippen LogP contribution in [0.1, 0.15) is 84.2 Å². The molecule has 80 heavy (non-hydrogen) atoms. The van der Waals surface area contributed by atoms with Crippen molar-refractivity contribution in [3.63, 3.8) is 0 Å². The number of nitrogens with two attached hydrogens (primary N) is 1. The zero-order valence-corrected chi connectivity index (χ0v) is 46.3. The SMILES string of the molecule is CC(C)C(NC(=O)CCOCCOCCOCCOCCNC(=O)CCN1C(=O)C=CC1=O)C(=O)N[C@@H](CCCNC(N)=O)C(=O)NCCCN(C(=O)CO)[C@@H](c1nc(-c2cc(F)ccc2F)cn1Cc1ccccc1)C(C)(C)C. The average Bonchev–Trinajstić information content (AvgIpc) is 4.04. The number of imidazole rings is 1. The number of nitrogens with zero attached hydrogens (tertiary/aromatic N) is 4. The monoisotopic (exact) mass is 1120 g/mol. The Morgan fingerprint density at radius 1 is 0.750 bits per heavy atom. The highest BCUT2D eigenvalue weighted by molar-refractivity contribution is 6.13. The smallest absolute Gasteiger partial charge is 0.312 e. The molecule has 25 heteroatoms. The Kier molecular flexibility index (Phi) is 27.8. The van der Waals surface area contributed by atoms with E-state index in [2.05, 4.69) is 26.6 Å². The highest BCUT2D eigenvalue weighted by atomic mass is 19.1. The topological polar surface area (TPSA) is 304 Å². The van der Waals surface area contributed by atoms with Gasteiger partial charge in [-0.15, -0.1) is 0 Å². The van der Waals surface area contributed by atoms with Crippen molar-refractivity contribution in [1.82, 2.24) is 45.9 Å². The zero-order valence-electron chi connectivity index (χ0n) is 46.3. The number of hydrogen-bond acceptors (Lipinski definition) is 14. The van der Waals surface area contributed by atoms with E-state index in [1.165, 1.54) is 4.90 Å². The third-order valence-electron chi connectivity index (χ3n) is 12.4. The van der Waals surface area contributed by atoms with Gasteiger partial charge in [0.1, 0.15) is 36.1 Å². The largest absolute Gasteiger partial charge is 0.387 e. The van der Waals surface area contributed by atoms with E-state index in [-0.39, 0.29) is 128 Å². The standard InChI is InChI=1S/C55H78F2N10O13/c1-37(2)49(64-45(70)19-25-77-27-29-79-31-32-80-30-28-78-26-22-59-44(69)18-24-66-46(71)16-17-47(66)72)53(75)63-42(13-9-20-61-54(58)76)52(74)60-21-10-23-67(48(73)36-68)50(55(3,4)5)51-62-43(40-33-39(56)14-15-41(40)57)35-65(51)34-38-11-7-6-8-12-38/h6-8,11-12,14-17,33,35,37,42,49-50,68H,9-10,13,18-32,34,36H2,1-5H3,(H,59,69)(H,60,74)(H,63,75)(H,64,70)(H3,58,61,76)/t42-,49?,50-/m0/s1. The Balaban J connectivity index is 1.23. The second-order valence-corrected chi connectivity index (χ2v) is 20.1. The number of hydrogen-bond donors (Lipinski definition) is 7. The second kappa shape index (κ2) is 34.1. The van der Waals surface area contributed by atoms with Crippen molar-refractivity contribution in [2.24, 2.45) is 17.1 Å². The molecule has 1 unspecified atom stereocenters. The van der Waals surface area contributed by atoms with Crippen LogP contribution in [0.4, 0.5) is 13.6 Å². The molecule has 9 amide bonds. The molecule has 8 N–H and O–H groups in total. The summed E-state index contributed by atoms with van der Waals surface area (Å²) in [6, 6.07) is 8.71. The first kappa shape index (κ1) is 65.3. The third-order valence-corrected chi connectivity index (χ3v) is 12.4. The maximum absolute atomic E-state index is 15.2. The summed E-state index contributed by atoms with van der Waals surface area (Å²) in [5.41, 5.74) is 5.44. The van der Waals surface area contributed by atoms with Gasteiger partial charge in [-0.2, -0.15) is 0 Å². The van der Waals surface area contributed by atoms with Crippen molar-refractivity contribution >= 4 is 47.4 Å². The Bertz CT molecular complexity index is 2520. The third kappa shape index (κ3) is 22.5. The van der Waals surface area contributed by atoms with Gasteiger partial charge < -0.3 is 65.8 Å². The highest BCUT2D eigenvalue weighted by Crippen LogP contribution is 2.39. The van der Waals surface area contributed by atoms with Crippen molar-refractivity contribution in [1.29, 1.82) is 0 Å². The number of imide groups is 1. The average molecular weight is 1130 g/mol. The Morgan fingerprint density at radius 3 is 1.99 bits per heavy atom. The summed E-state index contributed by atoms with van der Waals surface area (Å²) in [7, 11) is 0. The maximum atomic E-state index is 15.2. The molecule has 0 radical (unpaired) electrons. The first-order chi connectivity index (χ1) is 38.2. The summed E-state index contributed by atoms with van der Waals surface area (Å²) in [5, 5.41) is 23.7. The number of urea groups is 1. The predicted molar refractivity (Wildman–Crippen MR) is 289 cm³/mol. The van der Waals surface area contributed by atoms with Gasteiger partial charge in [0.2, 0.25) is 29.5 Å². The fourth-order valence-electron chi connectivity index (χ4n) is 8.42. The van der Waals surface area contributed by atoms with E-state index in [9.17, 15) is 47.9 Å². The Hall–Kier alpha value is -7.19. The number of aromatic nitrogens is 2. The molecule has 0 saturated heterocycles. The van der Waals surface area contributed by atoms with Crippen LogP contribution in [0.15, 0.2) is 66.9 Å². The minimum absolute atomic E-state index is 0.00578. The van der Waals surface area contributed by atoms with E-state index in [0.29, 0.717) is 19.0 Å². The van der Waals surface area contributed by atoms with Gasteiger partial charge in [0.25, 0.3) is 11.8 Å². The van der Waals surface area contributed by atoms with Gasteiger partial charge in [0.05, 0.1) is 64.6 Å². The molecular formula is C55H78F2N10O13. The van der Waals surface area contributed by atoms with Crippen LogP contribution < -0.4 is 32.3 Å². The molecule has 0 spiro atoms. The summed E-state index contributed by atoms with van der Waals surface area (Å²) in [4.78, 5) is 108. The quantitative estimate of drug-likeness (QED) is 0.0322. The van der Waals surface area contributed by atoms with Crippen molar-refractivity contribution < 1.29 is 71.2 Å². The number of carbonyl (C=O) groups excluding carboxylic acids is 8. The molecule has 0 bridgehead atoms. The number of rotatable bonds is 37. The Morgan fingerprint density at radius 2 is 1.38 bits per heavy atom. The first-order valence-corrected chi connectivity index (χ1v) is 26.7. The number of amides is 9. The van der Waals surface area contributed by atoms with Gasteiger partial charge in [-0.25, -0.2) is 18.6 Å². The normalized spacial score (nSPS) is 13.5. The van der Waals surface area contributed by atoms with Crippen LogP contribution in [-0.2, 0) is 59.1 Å². The molecular weight excluding hydrogens is 1050 g/mol. The molecule has 1 aliphatic rings. The molecule has 2 heterocycles. The molecule has 23 nitrogen and oxygen atoms in total. The molecule has 440 valence electrons. The van der Waals surface area contributed by atoms with Crippen LogP contribution >= 0.6 is 0 Å². The van der Waals surface area contributed by atoms with Crippen LogP contribution in [0.2, 0.25) is 0 Å². The molecule has 3 aromatic rings. The zero-order chi connectivity index (χ0) is 58.6. The van der Waals surface area contributed by atoms with Crippen molar-refractivity contribution in [3.05, 3.63) is 89.9 Å². The van der Waals surface area contributed by atoms with Crippen molar-refractivity contribution in [3.8, 4) is 11.3 Å². The molecule has 0 aliphatic carbocycles. The number of aliphatic hydroxyl groups excluding tert-OH is 1. The fourth-order valence-corrected chi connectivity index (χ4v) is 8.42. The molecule has 4 rings (SSSR count). The molecule has 2 aromatic carbocycles. The lowest BCUT2D eigenvalue weighted by Gasteiger charge is -2.40. The van der Waals surface area contributed by atoms with Crippen LogP contribution in [0, 0.1) is 23.0 Å². The number of halogens is 2. The number of nitrogens with one attached hydrogen (secondary N) is 5. The number of carbonyl (C=O) groups is 8. The second-order valence-electron chi connectivity index (χ2n) is 20.1. The summed E-state index contributed by atoms with van der Waals surface area (Å²) in [6.45, 7) is 10.8. The van der Waals surface area contributed by atoms with Gasteiger partial charge in [-0.1, -0.05) is 65.0 Å². The van der Waals surface area contributed by atoms with Gasteiger partial charge in [-0.3, -0.25) is 38.5 Å². The van der Waals surface area contributed by atoms with Crippen LogP contribution in [0.5, 0.6) is 0 Å². The van der Waals surface area contributed by atoms with Crippen molar-refractivity contribution in [2.45, 2.75) is 91.4 Å². The van der Waals surface area contributed by atoms with Gasteiger partial charge in [0.15, 0.2) is 0 Å². The van der Waals surface area contributed by atoms with Crippen LogP contribution in [-0.4, -0.2) is 176 Å². The van der Waals surface area contributed by atoms with Crippen molar-refractivity contribution in [2.75, 3.05) is 92.2 Å². The van der Waals surface area contributed by atoms with E-state index < -0.39 is 89.2 Å². The van der Waals surface area contributed by atoms with E-state index in [1.807, 2.05) is 51.1 Å². The Labute approximate surface area is 465 Å². The molecule has 0 saturated carbocycles. The number of primary amides is 1. The first-order valence-electron chi connectivity index (χ1n) is 26.7. The fraction of sp³-hybridized carbons (Fsp3) is 0.545. The van der Waals surface area contributed by atoms with Gasteiger partial charge in [0, 0.05) is 76.0 Å². The lowest BCUT2D eigenvalue weighted by Crippen LogP contribution is -2.55. The van der Waals surface area contributed by atoms with E-state index in [4.69, 9.17) is 29.7 Å². The number of ether oxygens (including phenoxy) is 4. The maximum Gasteiger partial charge on any atom is 0.312 e. The molecule has 1 aliphatic heterocycles. The molecule has 0 fully saturated rings. The van der Waals surface area contributed by atoms with E-state index in [0.717, 1.165) is 40.8 Å². The van der Waals surface area contributed by atoms with Gasteiger partial charge >= 0.3 is 6.03 Å². The van der Waals surface area contributed by atoms with Crippen LogP contribution in [0.3, 0.4) is 0 Å². The van der Waals surface area contributed by atoms with Crippen LogP contribution in [0.25, 0.3) is 11.3 Å². The summed E-state index contributed by atoms with van der Waals surface area (Å²) < 4.78 is 53.3. The molecule has 1 aromatic heterocycles. The number of aliphatic hydroxyl groups is 1. The predicted octanol–water partition coefficient (Wildman–Crippen LogP) is 2.25. The molecule has 3 atom stereocenters. The van der Waals surface area contributed by atoms with Gasteiger partial charge in [-0.05, 0) is 54.4 Å². The minimum atomic E-state index is -1.12. The lowest BCUT2D eigenvalue weighted by atomic mass is 9.84. The summed E-state index contributed by atoms with van der Waals surface area (Å²) in [6.07, 6.45) is 4.34. The summed E-state index contributed by atoms with van der Waals surface area (Å²) in [5.74, 6) is -4.88. The van der Waals surface area contributed by atoms with E-state index in [1.54, 1.807) is 24.6 Å².